The van der Waals surface area contributed by atoms with Crippen molar-refractivity contribution < 1.29 is 0 Å². The van der Waals surface area contributed by atoms with E-state index in [0.717, 1.165) is 11.6 Å². The highest BCUT2D eigenvalue weighted by Crippen LogP contribution is 2.35. The standard InChI is InChI=1S/C12H13Cl3N2S/c1-6-3-7(2)18-12(16-6)17-11-9(14)4-8(13)5-10(11)15/h4-7H,3H2,1-2H3,(H,16,17). The van der Waals surface area contributed by atoms with Gasteiger partial charge in [-0.3, -0.25) is 4.99 Å². The Morgan fingerprint density at radius 2 is 1.83 bits per heavy atom. The lowest BCUT2D eigenvalue weighted by molar-refractivity contribution is 0.661. The Morgan fingerprint density at radius 3 is 2.39 bits per heavy atom. The van der Waals surface area contributed by atoms with Crippen molar-refractivity contribution in [1.29, 1.82) is 0 Å². The summed E-state index contributed by atoms with van der Waals surface area (Å²) >= 11 is 19.8. The lowest BCUT2D eigenvalue weighted by atomic mass is 10.2. The van der Waals surface area contributed by atoms with Crippen molar-refractivity contribution in [2.24, 2.45) is 4.99 Å². The summed E-state index contributed by atoms with van der Waals surface area (Å²) in [6, 6.07) is 3.64. The largest absolute Gasteiger partial charge is 0.333 e. The highest BCUT2D eigenvalue weighted by Gasteiger charge is 2.20. The molecular weight excluding hydrogens is 311 g/mol. The first-order valence-corrected chi connectivity index (χ1v) is 7.63. The number of thioether (sulfide) groups is 1. The normalized spacial score (nSPS) is 23.7. The first-order valence-electron chi connectivity index (χ1n) is 5.61. The fourth-order valence-corrected chi connectivity index (χ4v) is 3.90. The Balaban J connectivity index is 2.24. The smallest absolute Gasteiger partial charge is 0.161 e. The maximum atomic E-state index is 6.13. The van der Waals surface area contributed by atoms with Crippen molar-refractivity contribution in [3.63, 3.8) is 0 Å². The van der Waals surface area contributed by atoms with E-state index in [9.17, 15) is 0 Å². The summed E-state index contributed by atoms with van der Waals surface area (Å²) in [5.74, 6) is 0. The van der Waals surface area contributed by atoms with Crippen LogP contribution in [0.4, 0.5) is 5.69 Å². The van der Waals surface area contributed by atoms with Gasteiger partial charge in [-0.2, -0.15) is 0 Å². The van der Waals surface area contributed by atoms with Gasteiger partial charge in [0.2, 0.25) is 0 Å². The predicted octanol–water partition coefficient (Wildman–Crippen LogP) is 5.33. The highest BCUT2D eigenvalue weighted by atomic mass is 35.5. The molecule has 0 aromatic heterocycles. The zero-order valence-corrected chi connectivity index (χ0v) is 13.1. The number of aliphatic imine (C=N–C) groups is 1. The van der Waals surface area contributed by atoms with Gasteiger partial charge in [0.15, 0.2) is 5.17 Å². The van der Waals surface area contributed by atoms with E-state index in [2.05, 4.69) is 24.2 Å². The third-order valence-electron chi connectivity index (χ3n) is 2.56. The SMILES string of the molecule is CC1CC(C)SC(Nc2c(Cl)cc(Cl)cc2Cl)=N1. The lowest BCUT2D eigenvalue weighted by Crippen LogP contribution is -2.22. The molecule has 1 aliphatic heterocycles. The van der Waals surface area contributed by atoms with Gasteiger partial charge in [0, 0.05) is 10.3 Å². The zero-order chi connectivity index (χ0) is 13.3. The molecule has 0 saturated heterocycles. The summed E-state index contributed by atoms with van der Waals surface area (Å²) in [7, 11) is 0. The minimum atomic E-state index is 0.314. The molecule has 1 N–H and O–H groups in total. The van der Waals surface area contributed by atoms with E-state index in [-0.39, 0.29) is 0 Å². The van der Waals surface area contributed by atoms with Gasteiger partial charge in [0.05, 0.1) is 21.8 Å². The Bertz CT molecular complexity index is 467. The number of halogens is 3. The maximum absolute atomic E-state index is 6.13. The predicted molar refractivity (Wildman–Crippen MR) is 83.7 cm³/mol. The van der Waals surface area contributed by atoms with Crippen LogP contribution in [0.5, 0.6) is 0 Å². The number of anilines is 1. The van der Waals surface area contributed by atoms with Gasteiger partial charge < -0.3 is 5.32 Å². The molecule has 2 atom stereocenters. The maximum Gasteiger partial charge on any atom is 0.161 e. The van der Waals surface area contributed by atoms with E-state index in [1.165, 1.54) is 0 Å². The van der Waals surface area contributed by atoms with E-state index in [4.69, 9.17) is 34.8 Å². The Kier molecular flexibility index (Phi) is 4.70. The second-order valence-electron chi connectivity index (χ2n) is 4.32. The summed E-state index contributed by atoms with van der Waals surface area (Å²) < 4.78 is 0. The van der Waals surface area contributed by atoms with Crippen LogP contribution in [-0.4, -0.2) is 16.5 Å². The first-order chi connectivity index (χ1) is 8.45. The molecule has 0 radical (unpaired) electrons. The zero-order valence-electron chi connectivity index (χ0n) is 10.0. The first kappa shape index (κ1) is 14.3. The molecule has 0 spiro atoms. The molecule has 0 saturated carbocycles. The Morgan fingerprint density at radius 1 is 1.22 bits per heavy atom. The number of amidine groups is 1. The number of nitrogens with one attached hydrogen (secondary N) is 1. The number of hydrogen-bond donors (Lipinski definition) is 1. The minimum Gasteiger partial charge on any atom is -0.333 e. The van der Waals surface area contributed by atoms with Gasteiger partial charge in [-0.15, -0.1) is 0 Å². The van der Waals surface area contributed by atoms with Gasteiger partial charge in [-0.25, -0.2) is 0 Å². The van der Waals surface area contributed by atoms with Gasteiger partial charge in [0.25, 0.3) is 0 Å². The third-order valence-corrected chi connectivity index (χ3v) is 4.40. The van der Waals surface area contributed by atoms with E-state index < -0.39 is 0 Å². The van der Waals surface area contributed by atoms with Crippen LogP contribution in [-0.2, 0) is 0 Å². The van der Waals surface area contributed by atoms with Crippen LogP contribution in [0.3, 0.4) is 0 Å². The Hall–Kier alpha value is -0.0900. The van der Waals surface area contributed by atoms with Gasteiger partial charge in [-0.05, 0) is 25.5 Å². The van der Waals surface area contributed by atoms with Gasteiger partial charge in [-0.1, -0.05) is 53.5 Å². The van der Waals surface area contributed by atoms with E-state index >= 15 is 0 Å². The van der Waals surface area contributed by atoms with Gasteiger partial charge >= 0.3 is 0 Å². The van der Waals surface area contributed by atoms with Crippen LogP contribution < -0.4 is 5.32 Å². The molecule has 0 amide bonds. The summed E-state index contributed by atoms with van der Waals surface area (Å²) in [4.78, 5) is 4.55. The molecule has 0 fully saturated rings. The van der Waals surface area contributed by atoms with Crippen LogP contribution >= 0.6 is 46.6 Å². The summed E-state index contributed by atoms with van der Waals surface area (Å²) in [5.41, 5.74) is 0.662. The van der Waals surface area contributed by atoms with Crippen LogP contribution in [0.1, 0.15) is 20.3 Å². The van der Waals surface area contributed by atoms with E-state index in [1.54, 1.807) is 23.9 Å². The summed E-state index contributed by atoms with van der Waals surface area (Å²) in [6.45, 7) is 4.28. The fourth-order valence-electron chi connectivity index (χ4n) is 1.83. The second kappa shape index (κ2) is 5.91. The fraction of sp³-hybridized carbons (Fsp3) is 0.417. The number of nitrogens with zero attached hydrogens (tertiary/aromatic N) is 1. The molecule has 1 aliphatic rings. The number of hydrogen-bond acceptors (Lipinski definition) is 3. The number of benzene rings is 1. The topological polar surface area (TPSA) is 24.4 Å². The monoisotopic (exact) mass is 322 g/mol. The Labute approximate surface area is 126 Å². The molecule has 2 rings (SSSR count). The van der Waals surface area contributed by atoms with Crippen molar-refractivity contribution in [1.82, 2.24) is 0 Å². The average Bonchev–Trinajstić information content (AvgIpc) is 2.22. The summed E-state index contributed by atoms with van der Waals surface area (Å²) in [5, 5.41) is 6.11. The summed E-state index contributed by atoms with van der Waals surface area (Å²) in [6.07, 6.45) is 1.08. The van der Waals surface area contributed by atoms with Crippen molar-refractivity contribution in [3.8, 4) is 0 Å². The van der Waals surface area contributed by atoms with Crippen LogP contribution in [0.2, 0.25) is 15.1 Å². The van der Waals surface area contributed by atoms with Crippen LogP contribution in [0, 0.1) is 0 Å². The van der Waals surface area contributed by atoms with Crippen LogP contribution in [0.15, 0.2) is 17.1 Å². The molecule has 98 valence electrons. The molecule has 1 aromatic rings. The van der Waals surface area contributed by atoms with Crippen molar-refractivity contribution in [2.75, 3.05) is 5.32 Å². The minimum absolute atomic E-state index is 0.314. The van der Waals surface area contributed by atoms with E-state index in [1.807, 2.05) is 0 Å². The van der Waals surface area contributed by atoms with Crippen molar-refractivity contribution in [3.05, 3.63) is 27.2 Å². The molecule has 2 unspecified atom stereocenters. The molecule has 2 nitrogen and oxygen atoms in total. The molecule has 6 heteroatoms. The molecule has 0 bridgehead atoms. The van der Waals surface area contributed by atoms with Crippen molar-refractivity contribution >= 4 is 57.4 Å². The second-order valence-corrected chi connectivity index (χ2v) is 6.99. The third kappa shape index (κ3) is 3.47. The van der Waals surface area contributed by atoms with E-state index in [0.29, 0.717) is 32.0 Å². The van der Waals surface area contributed by atoms with Gasteiger partial charge in [0.1, 0.15) is 0 Å². The molecule has 0 aliphatic carbocycles. The quantitative estimate of drug-likeness (QED) is 0.755. The average molecular weight is 324 g/mol. The molecular formula is C12H13Cl3N2S. The van der Waals surface area contributed by atoms with Crippen molar-refractivity contribution in [2.45, 2.75) is 31.6 Å². The lowest BCUT2D eigenvalue weighted by Gasteiger charge is -2.23. The highest BCUT2D eigenvalue weighted by molar-refractivity contribution is 8.14. The molecule has 1 aromatic carbocycles. The molecule has 18 heavy (non-hydrogen) atoms. The molecule has 1 heterocycles. The van der Waals surface area contributed by atoms with Crippen LogP contribution in [0.25, 0.3) is 0 Å². The number of rotatable bonds is 1.